The number of likely N-dealkylation sites (tertiary alicyclic amines) is 2. The van der Waals surface area contributed by atoms with E-state index in [-0.39, 0.29) is 5.92 Å². The fraction of sp³-hybridized carbons (Fsp3) is 0.538. The van der Waals surface area contributed by atoms with Crippen molar-refractivity contribution in [2.75, 3.05) is 32.7 Å². The van der Waals surface area contributed by atoms with Gasteiger partial charge in [0.15, 0.2) is 0 Å². The van der Waals surface area contributed by atoms with Crippen molar-refractivity contribution in [3.8, 4) is 0 Å². The molecule has 2 aliphatic heterocycles. The number of halogens is 3. The topological polar surface area (TPSA) is 56.7 Å². The number of piperidine rings is 2. The number of Topliss-reactive ketones (excluding diaryl/α,β-unsaturated/α-hetero) is 1. The van der Waals surface area contributed by atoms with Gasteiger partial charge < -0.3 is 5.11 Å². The molecular formula is C26H30Br2ClN3O2. The first-order valence-electron chi connectivity index (χ1n) is 12.2. The molecule has 8 heteroatoms. The van der Waals surface area contributed by atoms with Crippen LogP contribution in [0.25, 0.3) is 0 Å². The standard InChI is InChI=1S/C26H30Br2ClN3O2/c27-19-11-18-2-1-17-12-20(29)13-22(28)24(17)25(26(18)30-14-19)16-3-9-32(10-4-16)23(34)15-31-7-5-21(33)6-8-31/h11-14,16,23,25,34H,1-10,15H2/t23?,25-/m1/s1. The molecule has 1 N–H and O–H groups in total. The van der Waals surface area contributed by atoms with Crippen LogP contribution in [0.15, 0.2) is 33.3 Å². The third-order valence-corrected chi connectivity index (χ3v) is 9.03. The number of aliphatic hydroxyl groups excluding tert-OH is 1. The summed E-state index contributed by atoms with van der Waals surface area (Å²) in [5.74, 6) is 0.987. The average Bonchev–Trinajstić information content (AvgIpc) is 2.97. The smallest absolute Gasteiger partial charge is 0.135 e. The van der Waals surface area contributed by atoms with E-state index in [9.17, 15) is 9.90 Å². The Hall–Kier alpha value is -0.830. The highest BCUT2D eigenvalue weighted by molar-refractivity contribution is 9.10. The monoisotopic (exact) mass is 609 g/mol. The number of pyridine rings is 1. The van der Waals surface area contributed by atoms with Gasteiger partial charge in [-0.05, 0) is 82.4 Å². The predicted octanol–water partition coefficient (Wildman–Crippen LogP) is 5.19. The third kappa shape index (κ3) is 5.30. The molecule has 3 heterocycles. The number of carbonyl (C=O) groups is 1. The van der Waals surface area contributed by atoms with Crippen LogP contribution in [0, 0.1) is 5.92 Å². The Kier molecular flexibility index (Phi) is 7.78. The van der Waals surface area contributed by atoms with Crippen LogP contribution in [0.4, 0.5) is 0 Å². The van der Waals surface area contributed by atoms with Gasteiger partial charge in [-0.3, -0.25) is 19.6 Å². The minimum atomic E-state index is -0.484. The lowest BCUT2D eigenvalue weighted by Gasteiger charge is -2.40. The minimum Gasteiger partial charge on any atom is -0.377 e. The zero-order chi connectivity index (χ0) is 23.8. The van der Waals surface area contributed by atoms with E-state index >= 15 is 0 Å². The molecule has 0 bridgehead atoms. The molecule has 5 nitrogen and oxygen atoms in total. The van der Waals surface area contributed by atoms with Crippen molar-refractivity contribution in [3.63, 3.8) is 0 Å². The number of hydrogen-bond donors (Lipinski definition) is 1. The second kappa shape index (κ2) is 10.7. The van der Waals surface area contributed by atoms with Gasteiger partial charge in [-0.15, -0.1) is 0 Å². The second-order valence-electron chi connectivity index (χ2n) is 9.83. The van der Waals surface area contributed by atoms with E-state index in [1.807, 2.05) is 12.3 Å². The number of aromatic nitrogens is 1. The van der Waals surface area contributed by atoms with Crippen LogP contribution in [0.1, 0.15) is 54.0 Å². The number of benzene rings is 1. The SMILES string of the molecule is O=C1CCN(CC(O)N2CCC([C@H]3c4ncc(Br)cc4CCc4cc(Cl)cc(Br)c43)CC2)CC1. The highest BCUT2D eigenvalue weighted by Gasteiger charge is 2.36. The Morgan fingerprint density at radius 2 is 1.74 bits per heavy atom. The Morgan fingerprint density at radius 1 is 1.03 bits per heavy atom. The van der Waals surface area contributed by atoms with Gasteiger partial charge in [0.25, 0.3) is 0 Å². The van der Waals surface area contributed by atoms with Crippen LogP contribution in [-0.2, 0) is 17.6 Å². The van der Waals surface area contributed by atoms with Crippen LogP contribution < -0.4 is 0 Å². The average molecular weight is 612 g/mol. The van der Waals surface area contributed by atoms with Gasteiger partial charge in [0.2, 0.25) is 0 Å². The van der Waals surface area contributed by atoms with Gasteiger partial charge in [-0.1, -0.05) is 27.5 Å². The number of rotatable bonds is 4. The van der Waals surface area contributed by atoms with Crippen LogP contribution in [0.3, 0.4) is 0 Å². The molecule has 1 unspecified atom stereocenters. The van der Waals surface area contributed by atoms with Crippen LogP contribution in [0.2, 0.25) is 5.02 Å². The molecule has 2 aromatic rings. The second-order valence-corrected chi connectivity index (χ2v) is 12.0. The quantitative estimate of drug-likeness (QED) is 0.516. The molecule has 0 saturated carbocycles. The fourth-order valence-electron chi connectivity index (χ4n) is 5.91. The molecule has 182 valence electrons. The Morgan fingerprint density at radius 3 is 2.47 bits per heavy atom. The number of β-amino-alcohol motifs (C(OH)–C–C–N with tert-alkyl or cyclic N) is 1. The van der Waals surface area contributed by atoms with E-state index in [4.69, 9.17) is 16.6 Å². The summed E-state index contributed by atoms with van der Waals surface area (Å²) in [6.07, 6.45) is 6.57. The molecule has 34 heavy (non-hydrogen) atoms. The lowest BCUT2D eigenvalue weighted by molar-refractivity contribution is -0.122. The number of carbonyl (C=O) groups excluding carboxylic acids is 1. The summed E-state index contributed by atoms with van der Waals surface area (Å²) >= 11 is 13.9. The first kappa shape index (κ1) is 24.8. The van der Waals surface area contributed by atoms with Gasteiger partial charge in [0.05, 0.1) is 5.69 Å². The zero-order valence-corrected chi connectivity index (χ0v) is 23.1. The molecular weight excluding hydrogens is 582 g/mol. The van der Waals surface area contributed by atoms with E-state index < -0.39 is 6.23 Å². The lowest BCUT2D eigenvalue weighted by atomic mass is 9.76. The molecule has 1 aliphatic carbocycles. The molecule has 0 amide bonds. The normalized spacial score (nSPS) is 23.3. The van der Waals surface area contributed by atoms with E-state index in [1.165, 1.54) is 22.4 Å². The summed E-state index contributed by atoms with van der Waals surface area (Å²) in [6, 6.07) is 6.36. The fourth-order valence-corrected chi connectivity index (χ4v) is 7.41. The molecule has 2 fully saturated rings. The van der Waals surface area contributed by atoms with Gasteiger partial charge in [0.1, 0.15) is 12.0 Å². The maximum absolute atomic E-state index is 11.5. The summed E-state index contributed by atoms with van der Waals surface area (Å²) < 4.78 is 2.09. The Bertz CT molecular complexity index is 1060. The maximum Gasteiger partial charge on any atom is 0.135 e. The third-order valence-electron chi connectivity index (χ3n) is 7.72. The first-order valence-corrected chi connectivity index (χ1v) is 14.1. The number of fused-ring (bicyclic) bond motifs is 2. The van der Waals surface area contributed by atoms with E-state index in [0.29, 0.717) is 31.1 Å². The van der Waals surface area contributed by atoms with Crippen molar-refractivity contribution >= 4 is 49.2 Å². The summed E-state index contributed by atoms with van der Waals surface area (Å²) in [5.41, 5.74) is 5.12. The number of hydrogen-bond acceptors (Lipinski definition) is 5. The van der Waals surface area contributed by atoms with Crippen molar-refractivity contribution in [2.24, 2.45) is 5.92 Å². The van der Waals surface area contributed by atoms with Gasteiger partial charge in [-0.2, -0.15) is 0 Å². The lowest BCUT2D eigenvalue weighted by Crippen LogP contribution is -2.49. The van der Waals surface area contributed by atoms with Gasteiger partial charge in [0, 0.05) is 71.6 Å². The van der Waals surface area contributed by atoms with Gasteiger partial charge in [-0.25, -0.2) is 0 Å². The zero-order valence-electron chi connectivity index (χ0n) is 19.2. The highest BCUT2D eigenvalue weighted by atomic mass is 79.9. The van der Waals surface area contributed by atoms with E-state index in [1.54, 1.807) is 0 Å². The number of aliphatic hydroxyl groups is 1. The van der Waals surface area contributed by atoms with Crippen LogP contribution in [-0.4, -0.2) is 64.6 Å². The van der Waals surface area contributed by atoms with E-state index in [0.717, 1.165) is 65.8 Å². The molecule has 2 atom stereocenters. The number of aryl methyl sites for hydroxylation is 2. The van der Waals surface area contributed by atoms with Crippen LogP contribution in [0.5, 0.6) is 0 Å². The summed E-state index contributed by atoms with van der Waals surface area (Å²) in [5, 5.41) is 11.7. The van der Waals surface area contributed by atoms with Crippen molar-refractivity contribution in [3.05, 3.63) is 60.7 Å². The van der Waals surface area contributed by atoms with Crippen molar-refractivity contribution in [1.29, 1.82) is 0 Å². The molecule has 0 radical (unpaired) electrons. The minimum absolute atomic E-state index is 0.208. The molecule has 3 aliphatic rings. The summed E-state index contributed by atoms with van der Waals surface area (Å²) in [6.45, 7) is 3.87. The molecule has 5 rings (SSSR count). The highest BCUT2D eigenvalue weighted by Crippen LogP contribution is 2.46. The molecule has 0 spiro atoms. The molecule has 1 aromatic carbocycles. The molecule has 1 aromatic heterocycles. The summed E-state index contributed by atoms with van der Waals surface area (Å²) in [4.78, 5) is 20.9. The van der Waals surface area contributed by atoms with Crippen molar-refractivity contribution < 1.29 is 9.90 Å². The maximum atomic E-state index is 11.5. The summed E-state index contributed by atoms with van der Waals surface area (Å²) in [7, 11) is 0. The Labute approximate surface area is 223 Å². The van der Waals surface area contributed by atoms with Crippen molar-refractivity contribution in [1.82, 2.24) is 14.8 Å². The largest absolute Gasteiger partial charge is 0.377 e. The first-order chi connectivity index (χ1) is 16.4. The molecule has 2 saturated heterocycles. The van der Waals surface area contributed by atoms with Gasteiger partial charge >= 0.3 is 0 Å². The predicted molar refractivity (Wildman–Crippen MR) is 141 cm³/mol. The van der Waals surface area contributed by atoms with Crippen molar-refractivity contribution in [2.45, 2.75) is 50.7 Å². The van der Waals surface area contributed by atoms with E-state index in [2.05, 4.69) is 53.8 Å². The number of nitrogens with zero attached hydrogens (tertiary/aromatic N) is 3. The number of ketones is 1. The van der Waals surface area contributed by atoms with Crippen LogP contribution >= 0.6 is 43.5 Å². The Balaban J connectivity index is 1.35.